The van der Waals surface area contributed by atoms with Gasteiger partial charge in [0.25, 0.3) is 0 Å². The van der Waals surface area contributed by atoms with E-state index in [2.05, 4.69) is 64.9 Å². The van der Waals surface area contributed by atoms with Crippen LogP contribution in [0.4, 0.5) is 0 Å². The lowest BCUT2D eigenvalue weighted by Crippen LogP contribution is -2.31. The third-order valence-corrected chi connectivity index (χ3v) is 6.54. The number of hydrogen-bond acceptors (Lipinski definition) is 4. The van der Waals surface area contributed by atoms with E-state index in [0.717, 1.165) is 30.1 Å². The molecule has 0 fully saturated rings. The second kappa shape index (κ2) is 6.32. The smallest absolute Gasteiger partial charge is 0.141 e. The molecule has 0 amide bonds. The standard InChI is InChI=1S/C23H22N2OS/c1-14-23(15(2)26-24-14)18-6-7-20-19(10-18)12-25(3)13-21(20)17-5-4-16-8-9-27-22(16)11-17/h4-11,21H,12-13H2,1-3H3. The lowest BCUT2D eigenvalue weighted by molar-refractivity contribution is 0.295. The number of hydrogen-bond donors (Lipinski definition) is 0. The molecule has 0 saturated heterocycles. The van der Waals surface area contributed by atoms with Crippen LogP contribution in [0.15, 0.2) is 52.4 Å². The van der Waals surface area contributed by atoms with Crippen molar-refractivity contribution in [2.24, 2.45) is 0 Å². The Morgan fingerprint density at radius 3 is 2.81 bits per heavy atom. The Morgan fingerprint density at radius 1 is 1.11 bits per heavy atom. The second-order valence-electron chi connectivity index (χ2n) is 7.58. The van der Waals surface area contributed by atoms with Crippen LogP contribution in [0.5, 0.6) is 0 Å². The molecule has 3 heterocycles. The molecule has 4 aromatic rings. The van der Waals surface area contributed by atoms with E-state index in [4.69, 9.17) is 4.52 Å². The van der Waals surface area contributed by atoms with Crippen molar-refractivity contribution in [3.63, 3.8) is 0 Å². The Balaban J connectivity index is 1.61. The number of aromatic nitrogens is 1. The highest BCUT2D eigenvalue weighted by Gasteiger charge is 2.26. The number of benzene rings is 2. The monoisotopic (exact) mass is 374 g/mol. The van der Waals surface area contributed by atoms with Gasteiger partial charge in [-0.2, -0.15) is 0 Å². The molecule has 2 aromatic carbocycles. The summed E-state index contributed by atoms with van der Waals surface area (Å²) < 4.78 is 6.75. The normalized spacial score (nSPS) is 17.4. The SMILES string of the molecule is Cc1noc(C)c1-c1ccc2c(c1)CN(C)CC2c1ccc2ccsc2c1. The first-order valence-electron chi connectivity index (χ1n) is 9.32. The first kappa shape index (κ1) is 16.7. The van der Waals surface area contributed by atoms with Gasteiger partial charge in [0.1, 0.15) is 5.76 Å². The van der Waals surface area contributed by atoms with E-state index >= 15 is 0 Å². The van der Waals surface area contributed by atoms with E-state index in [1.165, 1.54) is 32.3 Å². The highest BCUT2D eigenvalue weighted by atomic mass is 32.1. The van der Waals surface area contributed by atoms with Crippen LogP contribution in [0.2, 0.25) is 0 Å². The molecule has 1 atom stereocenters. The maximum atomic E-state index is 5.38. The van der Waals surface area contributed by atoms with Crippen molar-refractivity contribution in [3.8, 4) is 11.1 Å². The van der Waals surface area contributed by atoms with Crippen molar-refractivity contribution in [1.29, 1.82) is 0 Å². The second-order valence-corrected chi connectivity index (χ2v) is 8.53. The lowest BCUT2D eigenvalue weighted by atomic mass is 9.83. The average Bonchev–Trinajstić information content (AvgIpc) is 3.26. The molecule has 0 saturated carbocycles. The summed E-state index contributed by atoms with van der Waals surface area (Å²) in [5.41, 5.74) is 7.53. The zero-order valence-electron chi connectivity index (χ0n) is 15.8. The van der Waals surface area contributed by atoms with Crippen LogP contribution in [0.1, 0.15) is 34.1 Å². The molecule has 0 spiro atoms. The van der Waals surface area contributed by atoms with Gasteiger partial charge in [0.05, 0.1) is 5.69 Å². The van der Waals surface area contributed by atoms with Gasteiger partial charge in [-0.05, 0) is 72.1 Å². The first-order chi connectivity index (χ1) is 13.1. The molecule has 0 radical (unpaired) electrons. The fraction of sp³-hybridized carbons (Fsp3) is 0.261. The Labute approximate surface area is 163 Å². The molecule has 2 aromatic heterocycles. The minimum Gasteiger partial charge on any atom is -0.361 e. The molecule has 1 unspecified atom stereocenters. The van der Waals surface area contributed by atoms with Gasteiger partial charge in [-0.25, -0.2) is 0 Å². The van der Waals surface area contributed by atoms with Crippen LogP contribution < -0.4 is 0 Å². The molecule has 4 heteroatoms. The lowest BCUT2D eigenvalue weighted by Gasteiger charge is -2.33. The summed E-state index contributed by atoms with van der Waals surface area (Å²) in [6.45, 7) is 6.02. The Kier molecular flexibility index (Phi) is 3.92. The van der Waals surface area contributed by atoms with Gasteiger partial charge in [-0.3, -0.25) is 0 Å². The van der Waals surface area contributed by atoms with Crippen LogP contribution in [0, 0.1) is 13.8 Å². The molecular formula is C23H22N2OS. The van der Waals surface area contributed by atoms with Crippen molar-refractivity contribution in [1.82, 2.24) is 10.1 Å². The number of nitrogens with zero attached hydrogens (tertiary/aromatic N) is 2. The molecule has 1 aliphatic rings. The predicted octanol–water partition coefficient (Wildman–Crippen LogP) is 5.75. The van der Waals surface area contributed by atoms with Crippen LogP contribution in [-0.4, -0.2) is 23.6 Å². The van der Waals surface area contributed by atoms with Gasteiger partial charge in [0.2, 0.25) is 0 Å². The topological polar surface area (TPSA) is 29.3 Å². The van der Waals surface area contributed by atoms with Crippen LogP contribution in [0.25, 0.3) is 21.2 Å². The number of fused-ring (bicyclic) bond motifs is 2. The maximum absolute atomic E-state index is 5.38. The van der Waals surface area contributed by atoms with Gasteiger partial charge < -0.3 is 9.42 Å². The Bertz CT molecular complexity index is 1120. The molecule has 136 valence electrons. The number of likely N-dealkylation sites (N-methyl/N-ethyl adjacent to an activating group) is 1. The summed E-state index contributed by atoms with van der Waals surface area (Å²) in [7, 11) is 2.21. The molecular weight excluding hydrogens is 352 g/mol. The van der Waals surface area contributed by atoms with Crippen molar-refractivity contribution >= 4 is 21.4 Å². The summed E-state index contributed by atoms with van der Waals surface area (Å²) in [4.78, 5) is 2.42. The van der Waals surface area contributed by atoms with Gasteiger partial charge in [0.15, 0.2) is 0 Å². The zero-order chi connectivity index (χ0) is 18.5. The van der Waals surface area contributed by atoms with Crippen LogP contribution in [0.3, 0.4) is 0 Å². The molecule has 3 nitrogen and oxygen atoms in total. The van der Waals surface area contributed by atoms with Crippen molar-refractivity contribution in [3.05, 3.63) is 76.0 Å². The van der Waals surface area contributed by atoms with Crippen LogP contribution in [-0.2, 0) is 6.54 Å². The van der Waals surface area contributed by atoms with E-state index in [-0.39, 0.29) is 0 Å². The predicted molar refractivity (Wildman–Crippen MR) is 111 cm³/mol. The molecule has 0 N–H and O–H groups in total. The fourth-order valence-corrected chi connectivity index (χ4v) is 5.21. The largest absolute Gasteiger partial charge is 0.361 e. The molecule has 27 heavy (non-hydrogen) atoms. The first-order valence-corrected chi connectivity index (χ1v) is 10.2. The number of rotatable bonds is 2. The maximum Gasteiger partial charge on any atom is 0.141 e. The zero-order valence-corrected chi connectivity index (χ0v) is 16.6. The van der Waals surface area contributed by atoms with Gasteiger partial charge >= 0.3 is 0 Å². The summed E-state index contributed by atoms with van der Waals surface area (Å²) in [6, 6.07) is 16.0. The minimum atomic E-state index is 0.406. The van der Waals surface area contributed by atoms with E-state index in [1.54, 1.807) is 0 Å². The average molecular weight is 375 g/mol. The molecule has 5 rings (SSSR count). The third-order valence-electron chi connectivity index (χ3n) is 5.66. The summed E-state index contributed by atoms with van der Waals surface area (Å²) >= 11 is 1.82. The summed E-state index contributed by atoms with van der Waals surface area (Å²) in [5, 5.41) is 7.63. The van der Waals surface area contributed by atoms with E-state index in [0.29, 0.717) is 5.92 Å². The van der Waals surface area contributed by atoms with Crippen LogP contribution >= 0.6 is 11.3 Å². The van der Waals surface area contributed by atoms with Crippen molar-refractivity contribution in [2.45, 2.75) is 26.3 Å². The minimum absolute atomic E-state index is 0.406. The van der Waals surface area contributed by atoms with E-state index in [1.807, 2.05) is 25.2 Å². The van der Waals surface area contributed by atoms with Crippen molar-refractivity contribution in [2.75, 3.05) is 13.6 Å². The Hall–Kier alpha value is -2.43. The van der Waals surface area contributed by atoms with Gasteiger partial charge in [-0.1, -0.05) is 29.4 Å². The van der Waals surface area contributed by atoms with E-state index in [9.17, 15) is 0 Å². The van der Waals surface area contributed by atoms with Gasteiger partial charge in [0, 0.05) is 29.3 Å². The number of thiophene rings is 1. The molecule has 0 bridgehead atoms. The molecule has 1 aliphatic heterocycles. The summed E-state index contributed by atoms with van der Waals surface area (Å²) in [5.74, 6) is 1.29. The third kappa shape index (κ3) is 2.80. The highest BCUT2D eigenvalue weighted by Crippen LogP contribution is 2.38. The van der Waals surface area contributed by atoms with Gasteiger partial charge in [-0.15, -0.1) is 11.3 Å². The van der Waals surface area contributed by atoms with Crippen molar-refractivity contribution < 1.29 is 4.52 Å². The fourth-order valence-electron chi connectivity index (χ4n) is 4.37. The summed E-state index contributed by atoms with van der Waals surface area (Å²) in [6.07, 6.45) is 0. The molecule has 0 aliphatic carbocycles. The Morgan fingerprint density at radius 2 is 2.00 bits per heavy atom. The van der Waals surface area contributed by atoms with E-state index < -0.39 is 0 Å². The highest BCUT2D eigenvalue weighted by molar-refractivity contribution is 7.17. The quantitative estimate of drug-likeness (QED) is 0.447. The number of aryl methyl sites for hydroxylation is 2.